The molecule has 11 heteroatoms. The molecule has 250 valence electrons. The molecule has 48 heavy (non-hydrogen) atoms. The molecule has 0 saturated carbocycles. The number of hydrogen-bond donors (Lipinski definition) is 1. The average molecular weight is 661 g/mol. The lowest BCUT2D eigenvalue weighted by molar-refractivity contribution is -0.138. The molecular formula is C37H35F3N2O6. The monoisotopic (exact) mass is 660 g/mol. The molecule has 0 unspecified atom stereocenters. The molecule has 1 heterocycles. The van der Waals surface area contributed by atoms with Crippen molar-refractivity contribution in [3.05, 3.63) is 114 Å². The number of carbonyl (C=O) groups is 3. The number of para-hydroxylation sites is 1. The number of benzene rings is 4. The van der Waals surface area contributed by atoms with Gasteiger partial charge in [0.25, 0.3) is 0 Å². The maximum absolute atomic E-state index is 13.7. The molecule has 4 aromatic rings. The fourth-order valence-electron chi connectivity index (χ4n) is 5.29. The van der Waals surface area contributed by atoms with Gasteiger partial charge in [-0.25, -0.2) is 4.79 Å². The molecule has 1 atom stereocenters. The van der Waals surface area contributed by atoms with Crippen LogP contribution in [0.5, 0.6) is 17.2 Å². The summed E-state index contributed by atoms with van der Waals surface area (Å²) >= 11 is 0. The predicted molar refractivity (Wildman–Crippen MR) is 172 cm³/mol. The van der Waals surface area contributed by atoms with E-state index in [1.54, 1.807) is 39.0 Å². The summed E-state index contributed by atoms with van der Waals surface area (Å²) < 4.78 is 57.5. The number of amides is 2. The number of rotatable bonds is 8. The second kappa shape index (κ2) is 14.2. The number of nitrogens with one attached hydrogen (secondary N) is 1. The lowest BCUT2D eigenvalue weighted by Gasteiger charge is -2.37. The molecule has 1 aliphatic rings. The van der Waals surface area contributed by atoms with Gasteiger partial charge in [-0.2, -0.15) is 13.2 Å². The molecule has 5 rings (SSSR count). The molecule has 0 bridgehead atoms. The van der Waals surface area contributed by atoms with Crippen LogP contribution in [0, 0.1) is 0 Å². The SMILES string of the molecule is CC(C)(C)OC(=O)N1CCc2ccc(Oc3ccccc3C(F)(F)F)cc2[C@H]1C(=O)NCCC(=O)Oc1ccc(-c2ccccc2)cc1. The van der Waals surface area contributed by atoms with Gasteiger partial charge in [-0.3, -0.25) is 14.5 Å². The van der Waals surface area contributed by atoms with Crippen molar-refractivity contribution in [3.8, 4) is 28.4 Å². The van der Waals surface area contributed by atoms with Crippen LogP contribution in [0.25, 0.3) is 11.1 Å². The van der Waals surface area contributed by atoms with Crippen molar-refractivity contribution in [3.63, 3.8) is 0 Å². The number of alkyl halides is 3. The first-order valence-corrected chi connectivity index (χ1v) is 15.4. The van der Waals surface area contributed by atoms with Crippen LogP contribution in [0.1, 0.15) is 49.9 Å². The first-order valence-electron chi connectivity index (χ1n) is 15.4. The van der Waals surface area contributed by atoms with Gasteiger partial charge in [-0.05, 0) is 85.8 Å². The quantitative estimate of drug-likeness (QED) is 0.152. The van der Waals surface area contributed by atoms with Gasteiger partial charge in [0.15, 0.2) is 0 Å². The second-order valence-electron chi connectivity index (χ2n) is 12.2. The van der Waals surface area contributed by atoms with Gasteiger partial charge in [0, 0.05) is 13.1 Å². The molecule has 0 saturated heterocycles. The van der Waals surface area contributed by atoms with Gasteiger partial charge in [0.05, 0.1) is 12.0 Å². The zero-order chi connectivity index (χ0) is 34.5. The van der Waals surface area contributed by atoms with Gasteiger partial charge < -0.3 is 19.5 Å². The molecule has 1 N–H and O–H groups in total. The lowest BCUT2D eigenvalue weighted by atomic mass is 9.92. The van der Waals surface area contributed by atoms with Crippen LogP contribution < -0.4 is 14.8 Å². The van der Waals surface area contributed by atoms with Crippen molar-refractivity contribution in [1.29, 1.82) is 0 Å². The third kappa shape index (κ3) is 8.52. The smallest absolute Gasteiger partial charge is 0.419 e. The van der Waals surface area contributed by atoms with E-state index in [9.17, 15) is 27.6 Å². The average Bonchev–Trinajstić information content (AvgIpc) is 3.04. The number of fused-ring (bicyclic) bond motifs is 1. The summed E-state index contributed by atoms with van der Waals surface area (Å²) in [4.78, 5) is 40.8. The Bertz CT molecular complexity index is 1770. The number of esters is 1. The van der Waals surface area contributed by atoms with Crippen LogP contribution in [-0.4, -0.2) is 41.6 Å². The van der Waals surface area contributed by atoms with E-state index in [0.29, 0.717) is 23.3 Å². The van der Waals surface area contributed by atoms with Gasteiger partial charge in [0.2, 0.25) is 5.91 Å². The Kier molecular flexibility index (Phi) is 10.1. The Labute approximate surface area is 276 Å². The highest BCUT2D eigenvalue weighted by Crippen LogP contribution is 2.40. The van der Waals surface area contributed by atoms with E-state index in [1.165, 1.54) is 35.2 Å². The molecule has 0 spiro atoms. The Balaban J connectivity index is 1.30. The van der Waals surface area contributed by atoms with E-state index in [-0.39, 0.29) is 25.3 Å². The molecule has 2 amide bonds. The van der Waals surface area contributed by atoms with Crippen molar-refractivity contribution in [2.75, 3.05) is 13.1 Å². The summed E-state index contributed by atoms with van der Waals surface area (Å²) in [7, 11) is 0. The van der Waals surface area contributed by atoms with Gasteiger partial charge in [-0.1, -0.05) is 60.7 Å². The van der Waals surface area contributed by atoms with Crippen molar-refractivity contribution in [1.82, 2.24) is 10.2 Å². The third-order valence-corrected chi connectivity index (χ3v) is 7.46. The number of nitrogens with zero attached hydrogens (tertiary/aromatic N) is 1. The molecular weight excluding hydrogens is 625 g/mol. The zero-order valence-corrected chi connectivity index (χ0v) is 26.7. The van der Waals surface area contributed by atoms with Crippen molar-refractivity contribution in [2.45, 2.75) is 51.4 Å². The molecule has 1 aliphatic heterocycles. The van der Waals surface area contributed by atoms with E-state index in [1.807, 2.05) is 42.5 Å². The van der Waals surface area contributed by atoms with Gasteiger partial charge in [-0.15, -0.1) is 0 Å². The lowest BCUT2D eigenvalue weighted by Crippen LogP contribution is -2.49. The zero-order valence-electron chi connectivity index (χ0n) is 26.7. The largest absolute Gasteiger partial charge is 0.457 e. The number of carbonyl (C=O) groups excluding carboxylic acids is 3. The second-order valence-corrected chi connectivity index (χ2v) is 12.2. The first-order chi connectivity index (χ1) is 22.8. The van der Waals surface area contributed by atoms with Crippen LogP contribution in [0.15, 0.2) is 97.1 Å². The van der Waals surface area contributed by atoms with Crippen LogP contribution >= 0.6 is 0 Å². The summed E-state index contributed by atoms with van der Waals surface area (Å²) in [5.41, 5.74) is 1.26. The molecule has 4 aromatic carbocycles. The minimum absolute atomic E-state index is 0.0520. The highest BCUT2D eigenvalue weighted by Gasteiger charge is 2.39. The minimum Gasteiger partial charge on any atom is -0.457 e. The van der Waals surface area contributed by atoms with Crippen molar-refractivity contribution < 1.29 is 41.8 Å². The molecule has 0 aliphatic carbocycles. The van der Waals surface area contributed by atoms with E-state index < -0.39 is 47.1 Å². The number of hydrogen-bond acceptors (Lipinski definition) is 6. The Morgan fingerprint density at radius 3 is 2.17 bits per heavy atom. The Morgan fingerprint density at radius 2 is 1.48 bits per heavy atom. The van der Waals surface area contributed by atoms with Crippen LogP contribution in [0.4, 0.5) is 18.0 Å². The molecule has 0 radical (unpaired) electrons. The van der Waals surface area contributed by atoms with Crippen LogP contribution in [-0.2, 0) is 26.9 Å². The summed E-state index contributed by atoms with van der Waals surface area (Å²) in [5, 5.41) is 2.71. The predicted octanol–water partition coefficient (Wildman–Crippen LogP) is 8.11. The summed E-state index contributed by atoms with van der Waals surface area (Å²) in [6, 6.07) is 25.0. The van der Waals surface area contributed by atoms with E-state index >= 15 is 0 Å². The fourth-order valence-corrected chi connectivity index (χ4v) is 5.29. The van der Waals surface area contributed by atoms with E-state index in [0.717, 1.165) is 17.2 Å². The van der Waals surface area contributed by atoms with Crippen LogP contribution in [0.3, 0.4) is 0 Å². The van der Waals surface area contributed by atoms with E-state index in [4.69, 9.17) is 14.2 Å². The maximum Gasteiger partial charge on any atom is 0.419 e. The highest BCUT2D eigenvalue weighted by molar-refractivity contribution is 5.88. The Morgan fingerprint density at radius 1 is 0.833 bits per heavy atom. The van der Waals surface area contributed by atoms with Gasteiger partial charge >= 0.3 is 18.2 Å². The summed E-state index contributed by atoms with van der Waals surface area (Å²) in [6.07, 6.45) is -5.17. The molecule has 0 aromatic heterocycles. The maximum atomic E-state index is 13.7. The van der Waals surface area contributed by atoms with Crippen LogP contribution in [0.2, 0.25) is 0 Å². The number of ether oxygens (including phenoxy) is 3. The summed E-state index contributed by atoms with van der Waals surface area (Å²) in [5.74, 6) is -1.18. The van der Waals surface area contributed by atoms with E-state index in [2.05, 4.69) is 5.32 Å². The molecule has 8 nitrogen and oxygen atoms in total. The fraction of sp³-hybridized carbons (Fsp3) is 0.270. The Hall–Kier alpha value is -5.32. The topological polar surface area (TPSA) is 94.2 Å². The third-order valence-electron chi connectivity index (χ3n) is 7.46. The first kappa shape index (κ1) is 34.0. The van der Waals surface area contributed by atoms with Crippen molar-refractivity contribution in [2.24, 2.45) is 0 Å². The van der Waals surface area contributed by atoms with Gasteiger partial charge in [0.1, 0.15) is 28.9 Å². The van der Waals surface area contributed by atoms with Crippen molar-refractivity contribution >= 4 is 18.0 Å². The standard InChI is InChI=1S/C37H35F3N2O6/c1-36(2,3)48-35(45)42-22-20-26-15-18-28(46-31-12-8-7-11-30(31)37(38,39)40)23-29(26)33(42)34(44)41-21-19-32(43)47-27-16-13-25(14-17-27)24-9-5-4-6-10-24/h4-18,23,33H,19-22H2,1-3H3,(H,41,44)/t33-/m0/s1. The highest BCUT2D eigenvalue weighted by atomic mass is 19.4. The molecule has 0 fully saturated rings. The summed E-state index contributed by atoms with van der Waals surface area (Å²) in [6.45, 7) is 5.15. The number of halogens is 3. The minimum atomic E-state index is -4.65. The normalized spacial score (nSPS) is 14.5.